The third kappa shape index (κ3) is 7.74. The van der Waals surface area contributed by atoms with Crippen LogP contribution < -0.4 is 0 Å². The van der Waals surface area contributed by atoms with Gasteiger partial charge in [0.05, 0.1) is 5.60 Å². The van der Waals surface area contributed by atoms with Gasteiger partial charge in [0.2, 0.25) is 5.79 Å². The Balaban J connectivity index is 3.96. The molecule has 78 valence electrons. The first-order chi connectivity index (χ1) is 5.62. The molecule has 0 saturated carbocycles. The summed E-state index contributed by atoms with van der Waals surface area (Å²) in [5.41, 5.74) is -0.419. The highest BCUT2D eigenvalue weighted by atomic mass is 17.2. The molecule has 0 spiro atoms. The molecule has 0 aromatic carbocycles. The number of hydrogen-bond donors (Lipinski definition) is 0. The predicted octanol–water partition coefficient (Wildman–Crippen LogP) is 2.03. The molecule has 0 rings (SSSR count). The van der Waals surface area contributed by atoms with Crippen molar-refractivity contribution < 1.29 is 19.3 Å². The van der Waals surface area contributed by atoms with Gasteiger partial charge in [-0.2, -0.15) is 4.89 Å². The first-order valence-corrected chi connectivity index (χ1v) is 4.19. The lowest BCUT2D eigenvalue weighted by molar-refractivity contribution is -0.441. The van der Waals surface area contributed by atoms with Gasteiger partial charge < -0.3 is 4.74 Å². The summed E-state index contributed by atoms with van der Waals surface area (Å²) >= 11 is 0. The van der Waals surface area contributed by atoms with Crippen molar-refractivity contribution in [3.8, 4) is 0 Å². The molecule has 0 bridgehead atoms. The fraction of sp³-hybridized carbons (Fsp3) is 0.889. The highest BCUT2D eigenvalue weighted by Crippen LogP contribution is 2.17. The maximum Gasteiger partial charge on any atom is 0.305 e. The summed E-state index contributed by atoms with van der Waals surface area (Å²) in [6.07, 6.45) is 0. The fourth-order valence-corrected chi connectivity index (χ4v) is 0.588. The van der Waals surface area contributed by atoms with Gasteiger partial charge in [-0.05, 0) is 20.8 Å². The highest BCUT2D eigenvalue weighted by Gasteiger charge is 2.26. The predicted molar refractivity (Wildman–Crippen MR) is 47.8 cm³/mol. The third-order valence-corrected chi connectivity index (χ3v) is 0.882. The van der Waals surface area contributed by atoms with Crippen molar-refractivity contribution >= 4 is 5.97 Å². The molecular weight excluding hydrogens is 172 g/mol. The summed E-state index contributed by atoms with van der Waals surface area (Å²) < 4.78 is 4.85. The SMILES string of the molecule is CC(=O)OC(C)(C)OOC(C)(C)C. The maximum absolute atomic E-state index is 10.6. The molecule has 0 fully saturated rings. The van der Waals surface area contributed by atoms with Crippen molar-refractivity contribution in [3.05, 3.63) is 0 Å². The summed E-state index contributed by atoms with van der Waals surface area (Å²) in [6.45, 7) is 10.1. The Morgan fingerprint density at radius 2 is 1.46 bits per heavy atom. The molecule has 0 heterocycles. The molecule has 0 unspecified atom stereocenters. The van der Waals surface area contributed by atoms with Gasteiger partial charge in [0.15, 0.2) is 0 Å². The van der Waals surface area contributed by atoms with E-state index >= 15 is 0 Å². The molecule has 0 saturated heterocycles. The van der Waals surface area contributed by atoms with Gasteiger partial charge >= 0.3 is 5.97 Å². The van der Waals surface area contributed by atoms with Crippen molar-refractivity contribution in [3.63, 3.8) is 0 Å². The fourth-order valence-electron chi connectivity index (χ4n) is 0.588. The van der Waals surface area contributed by atoms with E-state index in [0.717, 1.165) is 0 Å². The molecule has 4 nitrogen and oxygen atoms in total. The van der Waals surface area contributed by atoms with Gasteiger partial charge in [0.1, 0.15) is 0 Å². The average molecular weight is 190 g/mol. The Kier molecular flexibility index (Phi) is 3.88. The lowest BCUT2D eigenvalue weighted by Crippen LogP contribution is -2.34. The molecular formula is C9H18O4. The number of carbonyl (C=O) groups excluding carboxylic acids is 1. The molecule has 0 N–H and O–H groups in total. The number of ether oxygens (including phenoxy) is 1. The summed E-state index contributed by atoms with van der Waals surface area (Å²) in [6, 6.07) is 0. The zero-order valence-corrected chi connectivity index (χ0v) is 9.13. The number of hydrogen-bond acceptors (Lipinski definition) is 4. The van der Waals surface area contributed by atoms with E-state index in [1.54, 1.807) is 13.8 Å². The molecule has 0 aliphatic carbocycles. The Morgan fingerprint density at radius 1 is 1.00 bits per heavy atom. The minimum Gasteiger partial charge on any atom is -0.431 e. The van der Waals surface area contributed by atoms with Crippen LogP contribution in [0.25, 0.3) is 0 Å². The van der Waals surface area contributed by atoms with E-state index in [-0.39, 0.29) is 0 Å². The molecule has 0 aliphatic heterocycles. The van der Waals surface area contributed by atoms with Gasteiger partial charge in [-0.15, -0.1) is 0 Å². The van der Waals surface area contributed by atoms with Crippen molar-refractivity contribution in [2.45, 2.75) is 52.9 Å². The molecule has 0 aliphatic rings. The van der Waals surface area contributed by atoms with Crippen LogP contribution in [0.2, 0.25) is 0 Å². The van der Waals surface area contributed by atoms with Crippen molar-refractivity contribution in [2.75, 3.05) is 0 Å². The lowest BCUT2D eigenvalue weighted by atomic mass is 10.2. The summed E-state index contributed by atoms with van der Waals surface area (Å²) in [4.78, 5) is 20.6. The van der Waals surface area contributed by atoms with Crippen molar-refractivity contribution in [2.24, 2.45) is 0 Å². The number of rotatable bonds is 3. The topological polar surface area (TPSA) is 44.8 Å². The van der Waals surface area contributed by atoms with Gasteiger partial charge in [0, 0.05) is 20.8 Å². The molecule has 0 aromatic rings. The molecule has 0 amide bonds. The first kappa shape index (κ1) is 12.4. The monoisotopic (exact) mass is 190 g/mol. The van der Waals surface area contributed by atoms with Crippen LogP contribution in [0.3, 0.4) is 0 Å². The second-order valence-electron chi connectivity index (χ2n) is 4.27. The van der Waals surface area contributed by atoms with Crippen molar-refractivity contribution in [1.29, 1.82) is 0 Å². The number of carbonyl (C=O) groups is 1. The van der Waals surface area contributed by atoms with E-state index in [1.807, 2.05) is 20.8 Å². The normalized spacial score (nSPS) is 12.8. The third-order valence-electron chi connectivity index (χ3n) is 0.882. The van der Waals surface area contributed by atoms with Crippen LogP contribution in [-0.2, 0) is 19.3 Å². The second kappa shape index (κ2) is 4.07. The highest BCUT2D eigenvalue weighted by molar-refractivity contribution is 5.66. The Hall–Kier alpha value is -0.610. The van der Waals surface area contributed by atoms with E-state index in [1.165, 1.54) is 6.92 Å². The molecule has 0 atom stereocenters. The van der Waals surface area contributed by atoms with Crippen molar-refractivity contribution in [1.82, 2.24) is 0 Å². The van der Waals surface area contributed by atoms with Gasteiger partial charge in [0.25, 0.3) is 0 Å². The minimum atomic E-state index is -1.04. The Labute approximate surface area is 79.1 Å². The maximum atomic E-state index is 10.6. The largest absolute Gasteiger partial charge is 0.431 e. The van der Waals surface area contributed by atoms with Crippen LogP contribution in [-0.4, -0.2) is 17.4 Å². The van der Waals surface area contributed by atoms with Crippen LogP contribution in [0.5, 0.6) is 0 Å². The van der Waals surface area contributed by atoms with Crippen LogP contribution in [0, 0.1) is 0 Å². The van der Waals surface area contributed by atoms with Crippen LogP contribution in [0.15, 0.2) is 0 Å². The van der Waals surface area contributed by atoms with E-state index in [0.29, 0.717) is 0 Å². The summed E-state index contributed by atoms with van der Waals surface area (Å²) in [7, 11) is 0. The molecule has 0 aromatic heterocycles. The van der Waals surface area contributed by atoms with Crippen LogP contribution >= 0.6 is 0 Å². The first-order valence-electron chi connectivity index (χ1n) is 4.19. The second-order valence-corrected chi connectivity index (χ2v) is 4.27. The summed E-state index contributed by atoms with van der Waals surface area (Å²) in [5, 5.41) is 0. The zero-order valence-electron chi connectivity index (χ0n) is 9.13. The van der Waals surface area contributed by atoms with E-state index in [2.05, 4.69) is 0 Å². The molecule has 4 heteroatoms. The molecule has 13 heavy (non-hydrogen) atoms. The number of esters is 1. The quantitative estimate of drug-likeness (QED) is 0.295. The Bertz CT molecular complexity index is 179. The van der Waals surface area contributed by atoms with Crippen LogP contribution in [0.4, 0.5) is 0 Å². The van der Waals surface area contributed by atoms with E-state index < -0.39 is 17.4 Å². The van der Waals surface area contributed by atoms with Gasteiger partial charge in [-0.25, -0.2) is 4.89 Å². The van der Waals surface area contributed by atoms with E-state index in [4.69, 9.17) is 14.5 Å². The van der Waals surface area contributed by atoms with E-state index in [9.17, 15) is 4.79 Å². The Morgan fingerprint density at radius 3 is 1.77 bits per heavy atom. The minimum absolute atomic E-state index is 0.400. The summed E-state index contributed by atoms with van der Waals surface area (Å²) in [5.74, 6) is -1.44. The zero-order chi connectivity index (χ0) is 10.7. The van der Waals surface area contributed by atoms with Crippen LogP contribution in [0.1, 0.15) is 41.5 Å². The average Bonchev–Trinajstić information content (AvgIpc) is 1.79. The van der Waals surface area contributed by atoms with Gasteiger partial charge in [-0.3, -0.25) is 4.79 Å². The lowest BCUT2D eigenvalue weighted by Gasteiger charge is -2.27. The standard InChI is InChI=1S/C9H18O4/c1-7(10)11-9(5,6)13-12-8(2,3)4/h1-6H3. The van der Waals surface area contributed by atoms with Gasteiger partial charge in [-0.1, -0.05) is 0 Å². The molecule has 0 radical (unpaired) electrons. The smallest absolute Gasteiger partial charge is 0.305 e.